The van der Waals surface area contributed by atoms with Gasteiger partial charge in [-0.15, -0.1) is 11.3 Å². The lowest BCUT2D eigenvalue weighted by atomic mass is 10.2. The first kappa shape index (κ1) is 18.6. The number of hydrogen-bond donors (Lipinski definition) is 1. The van der Waals surface area contributed by atoms with Crippen LogP contribution in [0.25, 0.3) is 15.9 Å². The van der Waals surface area contributed by atoms with E-state index in [0.717, 1.165) is 11.3 Å². The minimum atomic E-state index is -0.122. The van der Waals surface area contributed by atoms with Gasteiger partial charge in [0.15, 0.2) is 5.16 Å². The Morgan fingerprint density at radius 2 is 2.15 bits per heavy atom. The zero-order valence-corrected chi connectivity index (χ0v) is 16.2. The van der Waals surface area contributed by atoms with E-state index in [0.29, 0.717) is 28.5 Å². The van der Waals surface area contributed by atoms with Gasteiger partial charge in [0.2, 0.25) is 5.91 Å². The molecule has 0 spiro atoms. The Bertz CT molecular complexity index is 981. The Balaban J connectivity index is 1.96. The number of para-hydroxylation sites is 1. The van der Waals surface area contributed by atoms with Crippen LogP contribution in [0.4, 0.5) is 0 Å². The van der Waals surface area contributed by atoms with Gasteiger partial charge in [-0.1, -0.05) is 30.0 Å². The molecule has 2 aromatic heterocycles. The number of rotatable bonds is 7. The van der Waals surface area contributed by atoms with Gasteiger partial charge in [0, 0.05) is 13.7 Å². The normalized spacial score (nSPS) is 11.0. The Hall–Kier alpha value is -2.16. The second-order valence-corrected chi connectivity index (χ2v) is 7.45. The Morgan fingerprint density at radius 3 is 2.92 bits per heavy atom. The molecule has 0 fully saturated rings. The fourth-order valence-corrected chi connectivity index (χ4v) is 4.08. The van der Waals surface area contributed by atoms with Crippen LogP contribution in [0.15, 0.2) is 45.7 Å². The smallest absolute Gasteiger partial charge is 0.276 e. The van der Waals surface area contributed by atoms with Crippen molar-refractivity contribution in [3.63, 3.8) is 0 Å². The number of nitrogens with zero attached hydrogens (tertiary/aromatic N) is 2. The third kappa shape index (κ3) is 3.98. The van der Waals surface area contributed by atoms with Gasteiger partial charge >= 0.3 is 0 Å². The van der Waals surface area contributed by atoms with Crippen molar-refractivity contribution in [2.24, 2.45) is 0 Å². The summed E-state index contributed by atoms with van der Waals surface area (Å²) in [6, 6.07) is 9.48. The highest BCUT2D eigenvalue weighted by Gasteiger charge is 2.16. The Labute approximate surface area is 159 Å². The summed E-state index contributed by atoms with van der Waals surface area (Å²) >= 11 is 2.63. The molecule has 0 atom stereocenters. The first-order chi connectivity index (χ1) is 12.6. The lowest BCUT2D eigenvalue weighted by molar-refractivity contribution is -0.118. The second-order valence-electron chi connectivity index (χ2n) is 5.59. The van der Waals surface area contributed by atoms with E-state index < -0.39 is 0 Å². The number of methoxy groups -OCH3 is 1. The van der Waals surface area contributed by atoms with Crippen LogP contribution >= 0.6 is 23.1 Å². The van der Waals surface area contributed by atoms with E-state index in [1.54, 1.807) is 11.7 Å². The summed E-state index contributed by atoms with van der Waals surface area (Å²) in [5, 5.41) is 5.14. The van der Waals surface area contributed by atoms with Crippen LogP contribution in [0, 0.1) is 6.92 Å². The summed E-state index contributed by atoms with van der Waals surface area (Å²) in [5.74, 6) is 0.0561. The highest BCUT2D eigenvalue weighted by atomic mass is 32.2. The van der Waals surface area contributed by atoms with E-state index in [4.69, 9.17) is 4.74 Å². The standard InChI is InChI=1S/C18H19N3O3S2/c1-12-5-3-4-6-14(12)21-17(23)16-13(7-10-25-16)20-18(21)26-11-15(22)19-8-9-24-2/h3-7,10H,8-9,11H2,1-2H3,(H,19,22). The molecule has 136 valence electrons. The zero-order chi connectivity index (χ0) is 18.5. The summed E-state index contributed by atoms with van der Waals surface area (Å²) in [6.07, 6.45) is 0. The lowest BCUT2D eigenvalue weighted by Crippen LogP contribution is -2.29. The zero-order valence-electron chi connectivity index (χ0n) is 14.5. The average molecular weight is 390 g/mol. The number of carbonyl (C=O) groups is 1. The number of nitrogens with one attached hydrogen (secondary N) is 1. The van der Waals surface area contributed by atoms with Gasteiger partial charge in [0.25, 0.3) is 5.56 Å². The number of thioether (sulfide) groups is 1. The maximum absolute atomic E-state index is 13.0. The fraction of sp³-hybridized carbons (Fsp3) is 0.278. The molecule has 0 saturated heterocycles. The molecule has 0 aliphatic heterocycles. The monoisotopic (exact) mass is 389 g/mol. The largest absolute Gasteiger partial charge is 0.383 e. The first-order valence-corrected chi connectivity index (χ1v) is 9.93. The Kier molecular flexibility index (Phi) is 6.08. The van der Waals surface area contributed by atoms with Crippen molar-refractivity contribution in [3.8, 4) is 5.69 Å². The number of thiophene rings is 1. The van der Waals surface area contributed by atoms with Gasteiger partial charge in [-0.3, -0.25) is 14.2 Å². The third-order valence-corrected chi connectivity index (χ3v) is 5.60. The molecular formula is C18H19N3O3S2. The van der Waals surface area contributed by atoms with Gasteiger partial charge in [-0.25, -0.2) is 4.98 Å². The molecule has 0 saturated carbocycles. The summed E-state index contributed by atoms with van der Waals surface area (Å²) < 4.78 is 7.13. The molecule has 0 aliphatic carbocycles. The number of benzene rings is 1. The summed E-state index contributed by atoms with van der Waals surface area (Å²) in [4.78, 5) is 29.6. The van der Waals surface area contributed by atoms with Crippen LogP contribution in [0.1, 0.15) is 5.56 Å². The Morgan fingerprint density at radius 1 is 1.35 bits per heavy atom. The number of amides is 1. The quantitative estimate of drug-likeness (QED) is 0.382. The van der Waals surface area contributed by atoms with Crippen LogP contribution < -0.4 is 10.9 Å². The molecule has 1 aromatic carbocycles. The van der Waals surface area contributed by atoms with E-state index in [2.05, 4.69) is 10.3 Å². The molecule has 1 N–H and O–H groups in total. The molecule has 0 aliphatic rings. The van der Waals surface area contributed by atoms with E-state index in [9.17, 15) is 9.59 Å². The van der Waals surface area contributed by atoms with E-state index in [1.807, 2.05) is 42.6 Å². The van der Waals surface area contributed by atoms with Crippen LogP contribution in [0.3, 0.4) is 0 Å². The topological polar surface area (TPSA) is 73.2 Å². The van der Waals surface area contributed by atoms with Gasteiger partial charge in [-0.2, -0.15) is 0 Å². The molecule has 6 nitrogen and oxygen atoms in total. The van der Waals surface area contributed by atoms with Crippen molar-refractivity contribution >= 4 is 39.2 Å². The summed E-state index contributed by atoms with van der Waals surface area (Å²) in [6.45, 7) is 2.87. The SMILES string of the molecule is COCCNC(=O)CSc1nc2ccsc2c(=O)n1-c1ccccc1C. The number of aryl methyl sites for hydroxylation is 1. The van der Waals surface area contributed by atoms with Gasteiger partial charge in [-0.05, 0) is 30.0 Å². The van der Waals surface area contributed by atoms with E-state index in [1.165, 1.54) is 23.1 Å². The predicted molar refractivity (Wildman–Crippen MR) is 106 cm³/mol. The third-order valence-electron chi connectivity index (χ3n) is 3.77. The van der Waals surface area contributed by atoms with Crippen LogP contribution in [0.2, 0.25) is 0 Å². The van der Waals surface area contributed by atoms with Crippen LogP contribution in [-0.4, -0.2) is 41.5 Å². The molecule has 0 radical (unpaired) electrons. The fourth-order valence-electron chi connectivity index (χ4n) is 2.49. The van der Waals surface area contributed by atoms with Crippen molar-refractivity contribution in [1.29, 1.82) is 0 Å². The number of fused-ring (bicyclic) bond motifs is 1. The van der Waals surface area contributed by atoms with Crippen molar-refractivity contribution in [2.45, 2.75) is 12.1 Å². The highest BCUT2D eigenvalue weighted by molar-refractivity contribution is 7.99. The molecule has 0 unspecified atom stereocenters. The molecule has 3 rings (SSSR count). The predicted octanol–water partition coefficient (Wildman–Crippen LogP) is 2.61. The van der Waals surface area contributed by atoms with Crippen molar-refractivity contribution in [1.82, 2.24) is 14.9 Å². The highest BCUT2D eigenvalue weighted by Crippen LogP contribution is 2.24. The molecule has 2 heterocycles. The minimum absolute atomic E-state index is 0.110. The number of hydrogen-bond acceptors (Lipinski definition) is 6. The molecule has 8 heteroatoms. The summed E-state index contributed by atoms with van der Waals surface area (Å²) in [7, 11) is 1.59. The number of aromatic nitrogens is 2. The van der Waals surface area contributed by atoms with Gasteiger partial charge < -0.3 is 10.1 Å². The lowest BCUT2D eigenvalue weighted by Gasteiger charge is -2.14. The number of carbonyl (C=O) groups excluding carboxylic acids is 1. The second kappa shape index (κ2) is 8.48. The van der Waals surface area contributed by atoms with Gasteiger partial charge in [0.05, 0.1) is 23.6 Å². The average Bonchev–Trinajstić information content (AvgIpc) is 3.10. The molecule has 3 aromatic rings. The molecular weight excluding hydrogens is 370 g/mol. The van der Waals surface area contributed by atoms with Crippen molar-refractivity contribution in [2.75, 3.05) is 26.0 Å². The first-order valence-electron chi connectivity index (χ1n) is 8.06. The van der Waals surface area contributed by atoms with Crippen LogP contribution in [0.5, 0.6) is 0 Å². The van der Waals surface area contributed by atoms with Crippen molar-refractivity contribution in [3.05, 3.63) is 51.6 Å². The van der Waals surface area contributed by atoms with Gasteiger partial charge in [0.1, 0.15) is 4.70 Å². The maximum atomic E-state index is 13.0. The van der Waals surface area contributed by atoms with E-state index >= 15 is 0 Å². The molecule has 1 amide bonds. The summed E-state index contributed by atoms with van der Waals surface area (Å²) in [5.41, 5.74) is 2.30. The van der Waals surface area contributed by atoms with Crippen molar-refractivity contribution < 1.29 is 9.53 Å². The maximum Gasteiger partial charge on any atom is 0.276 e. The molecule has 0 bridgehead atoms. The van der Waals surface area contributed by atoms with Crippen LogP contribution in [-0.2, 0) is 9.53 Å². The molecule has 26 heavy (non-hydrogen) atoms. The minimum Gasteiger partial charge on any atom is -0.383 e. The van der Waals surface area contributed by atoms with E-state index in [-0.39, 0.29) is 17.2 Å². The number of ether oxygens (including phenoxy) is 1.